The Labute approximate surface area is 116 Å². The molecule has 0 unspecified atom stereocenters. The van der Waals surface area contributed by atoms with E-state index in [0.29, 0.717) is 0 Å². The van der Waals surface area contributed by atoms with Gasteiger partial charge in [-0.1, -0.05) is 35.9 Å². The van der Waals surface area contributed by atoms with E-state index < -0.39 is 0 Å². The van der Waals surface area contributed by atoms with Crippen molar-refractivity contribution in [1.29, 1.82) is 0 Å². The van der Waals surface area contributed by atoms with Crippen LogP contribution in [0.4, 0.5) is 0 Å². The molecule has 19 heavy (non-hydrogen) atoms. The molecule has 102 valence electrons. The Bertz CT molecular complexity index is 567. The molecule has 2 heteroatoms. The van der Waals surface area contributed by atoms with Gasteiger partial charge >= 0.3 is 0 Å². The molecule has 0 saturated heterocycles. The number of nitrogens with zero attached hydrogens (tertiary/aromatic N) is 1. The van der Waals surface area contributed by atoms with E-state index in [2.05, 4.69) is 69.1 Å². The molecular weight excluding hydrogens is 232 g/mol. The number of aryl methyl sites for hydroxylation is 1. The van der Waals surface area contributed by atoms with Gasteiger partial charge in [0.1, 0.15) is 0 Å². The molecule has 0 radical (unpaired) electrons. The van der Waals surface area contributed by atoms with Crippen molar-refractivity contribution in [2.24, 2.45) is 5.73 Å². The maximum Gasteiger partial charge on any atom is 0.0231 e. The highest BCUT2D eigenvalue weighted by Gasteiger charge is 2.13. The summed E-state index contributed by atoms with van der Waals surface area (Å²) in [7, 11) is 2.12. The molecule has 2 nitrogen and oxygen atoms in total. The van der Waals surface area contributed by atoms with Crippen molar-refractivity contribution in [3.63, 3.8) is 0 Å². The Morgan fingerprint density at radius 1 is 1.05 bits per heavy atom. The first kappa shape index (κ1) is 14.0. The summed E-state index contributed by atoms with van der Waals surface area (Å²) in [5.41, 5.74) is 8.55. The number of nitrogens with two attached hydrogens (primary N) is 1. The first-order valence-electron chi connectivity index (χ1n) is 6.80. The van der Waals surface area contributed by atoms with E-state index in [0.717, 1.165) is 13.1 Å². The number of rotatable bonds is 4. The second-order valence-corrected chi connectivity index (χ2v) is 6.35. The van der Waals surface area contributed by atoms with Crippen LogP contribution in [0.5, 0.6) is 0 Å². The van der Waals surface area contributed by atoms with Crippen LogP contribution < -0.4 is 5.73 Å². The lowest BCUT2D eigenvalue weighted by atomic mass is 10.0. The Hall–Kier alpha value is -1.38. The average molecular weight is 256 g/mol. The molecule has 0 saturated carbocycles. The van der Waals surface area contributed by atoms with Crippen molar-refractivity contribution in [1.82, 2.24) is 4.90 Å². The van der Waals surface area contributed by atoms with E-state index in [1.807, 2.05) is 0 Å². The van der Waals surface area contributed by atoms with Gasteiger partial charge < -0.3 is 10.6 Å². The van der Waals surface area contributed by atoms with Crippen molar-refractivity contribution >= 4 is 10.8 Å². The number of hydrogen-bond donors (Lipinski definition) is 1. The zero-order valence-corrected chi connectivity index (χ0v) is 12.4. The summed E-state index contributed by atoms with van der Waals surface area (Å²) in [6.45, 7) is 8.08. The van der Waals surface area contributed by atoms with Gasteiger partial charge in [0.05, 0.1) is 0 Å². The molecule has 0 aromatic heterocycles. The van der Waals surface area contributed by atoms with Gasteiger partial charge in [-0.3, -0.25) is 0 Å². The van der Waals surface area contributed by atoms with E-state index in [4.69, 9.17) is 5.73 Å². The van der Waals surface area contributed by atoms with Crippen LogP contribution in [0.2, 0.25) is 0 Å². The highest BCUT2D eigenvalue weighted by atomic mass is 15.1. The lowest BCUT2D eigenvalue weighted by Gasteiger charge is -2.26. The second-order valence-electron chi connectivity index (χ2n) is 6.35. The van der Waals surface area contributed by atoms with Gasteiger partial charge in [0.15, 0.2) is 0 Å². The van der Waals surface area contributed by atoms with Gasteiger partial charge in [0, 0.05) is 18.6 Å². The molecule has 2 aromatic rings. The van der Waals surface area contributed by atoms with Gasteiger partial charge in [-0.05, 0) is 50.2 Å². The summed E-state index contributed by atoms with van der Waals surface area (Å²) in [5, 5.41) is 2.62. The summed E-state index contributed by atoms with van der Waals surface area (Å²) in [6, 6.07) is 13.3. The monoisotopic (exact) mass is 256 g/mol. The van der Waals surface area contributed by atoms with E-state index in [1.54, 1.807) is 0 Å². The highest BCUT2D eigenvalue weighted by Crippen LogP contribution is 2.18. The first-order chi connectivity index (χ1) is 8.83. The third-order valence-corrected chi connectivity index (χ3v) is 3.19. The van der Waals surface area contributed by atoms with Gasteiger partial charge in [-0.25, -0.2) is 0 Å². The van der Waals surface area contributed by atoms with Crippen molar-refractivity contribution < 1.29 is 0 Å². The van der Waals surface area contributed by atoms with Crippen LogP contribution in [0.15, 0.2) is 36.4 Å². The van der Waals surface area contributed by atoms with Gasteiger partial charge in [-0.2, -0.15) is 0 Å². The number of fused-ring (bicyclic) bond motifs is 1. The SMILES string of the molecule is Cc1ccc2cc(CN(C)CC(C)(C)N)ccc2c1. The standard InChI is InChI=1S/C17H24N2/c1-13-5-7-16-10-14(6-8-15(16)9-13)11-19(4)12-17(2,3)18/h5-10H,11-12,18H2,1-4H3. The molecule has 0 bridgehead atoms. The molecule has 0 aliphatic heterocycles. The molecule has 0 amide bonds. The molecule has 0 heterocycles. The Kier molecular flexibility index (Phi) is 3.93. The highest BCUT2D eigenvalue weighted by molar-refractivity contribution is 5.83. The summed E-state index contributed by atoms with van der Waals surface area (Å²) in [4.78, 5) is 2.27. The largest absolute Gasteiger partial charge is 0.324 e. The lowest BCUT2D eigenvalue weighted by molar-refractivity contribution is 0.263. The summed E-state index contributed by atoms with van der Waals surface area (Å²) in [6.07, 6.45) is 0. The van der Waals surface area contributed by atoms with Crippen molar-refractivity contribution in [3.8, 4) is 0 Å². The van der Waals surface area contributed by atoms with Crippen LogP contribution in [0.1, 0.15) is 25.0 Å². The van der Waals surface area contributed by atoms with Crippen LogP contribution in [0, 0.1) is 6.92 Å². The average Bonchev–Trinajstić information content (AvgIpc) is 2.26. The Balaban J connectivity index is 2.15. The van der Waals surface area contributed by atoms with Crippen molar-refractivity contribution in [2.75, 3.05) is 13.6 Å². The number of likely N-dealkylation sites (N-methyl/N-ethyl adjacent to an activating group) is 1. The van der Waals surface area contributed by atoms with E-state index in [1.165, 1.54) is 21.9 Å². The normalized spacial score (nSPS) is 12.3. The van der Waals surface area contributed by atoms with Crippen molar-refractivity contribution in [2.45, 2.75) is 32.9 Å². The number of benzene rings is 2. The summed E-state index contributed by atoms with van der Waals surface area (Å²) >= 11 is 0. The van der Waals surface area contributed by atoms with E-state index >= 15 is 0 Å². The Morgan fingerprint density at radius 2 is 1.68 bits per heavy atom. The smallest absolute Gasteiger partial charge is 0.0231 e. The fourth-order valence-corrected chi connectivity index (χ4v) is 2.58. The molecule has 2 aromatic carbocycles. The van der Waals surface area contributed by atoms with E-state index in [9.17, 15) is 0 Å². The zero-order valence-electron chi connectivity index (χ0n) is 12.4. The Morgan fingerprint density at radius 3 is 2.37 bits per heavy atom. The molecule has 0 spiro atoms. The minimum Gasteiger partial charge on any atom is -0.324 e. The fraction of sp³-hybridized carbons (Fsp3) is 0.412. The van der Waals surface area contributed by atoms with E-state index in [-0.39, 0.29) is 5.54 Å². The minimum absolute atomic E-state index is 0.150. The third-order valence-electron chi connectivity index (χ3n) is 3.19. The first-order valence-corrected chi connectivity index (χ1v) is 6.80. The van der Waals surface area contributed by atoms with Gasteiger partial charge in [0.25, 0.3) is 0 Å². The third kappa shape index (κ3) is 4.05. The predicted molar refractivity (Wildman–Crippen MR) is 83.3 cm³/mol. The maximum atomic E-state index is 6.06. The van der Waals surface area contributed by atoms with Crippen LogP contribution in [-0.4, -0.2) is 24.0 Å². The lowest BCUT2D eigenvalue weighted by Crippen LogP contribution is -2.43. The summed E-state index contributed by atoms with van der Waals surface area (Å²) < 4.78 is 0. The van der Waals surface area contributed by atoms with Crippen LogP contribution >= 0.6 is 0 Å². The summed E-state index contributed by atoms with van der Waals surface area (Å²) in [5.74, 6) is 0. The maximum absolute atomic E-state index is 6.06. The molecule has 2 N–H and O–H groups in total. The molecule has 0 atom stereocenters. The number of hydrogen-bond acceptors (Lipinski definition) is 2. The van der Waals surface area contributed by atoms with Crippen LogP contribution in [0.25, 0.3) is 10.8 Å². The topological polar surface area (TPSA) is 29.3 Å². The van der Waals surface area contributed by atoms with Gasteiger partial charge in [0.2, 0.25) is 0 Å². The molecule has 0 aliphatic rings. The fourth-order valence-electron chi connectivity index (χ4n) is 2.58. The molecule has 2 rings (SSSR count). The predicted octanol–water partition coefficient (Wildman–Crippen LogP) is 3.32. The molecule has 0 aliphatic carbocycles. The molecule has 0 fully saturated rings. The quantitative estimate of drug-likeness (QED) is 0.909. The minimum atomic E-state index is -0.150. The van der Waals surface area contributed by atoms with Crippen LogP contribution in [-0.2, 0) is 6.54 Å². The van der Waals surface area contributed by atoms with Gasteiger partial charge in [-0.15, -0.1) is 0 Å². The molecular formula is C17H24N2. The van der Waals surface area contributed by atoms with Crippen LogP contribution in [0.3, 0.4) is 0 Å². The second kappa shape index (κ2) is 5.32. The zero-order chi connectivity index (χ0) is 14.0. The van der Waals surface area contributed by atoms with Crippen molar-refractivity contribution in [3.05, 3.63) is 47.5 Å².